The van der Waals surface area contributed by atoms with Gasteiger partial charge in [-0.3, -0.25) is 4.79 Å². The normalized spacial score (nSPS) is 13.2. The Morgan fingerprint density at radius 3 is 2.48 bits per heavy atom. The fourth-order valence-corrected chi connectivity index (χ4v) is 1.93. The van der Waals surface area contributed by atoms with Crippen molar-refractivity contribution in [3.05, 3.63) is 35.9 Å². The molecule has 21 heavy (non-hydrogen) atoms. The number of carbonyl (C=O) groups excluding carboxylic acids is 2. The van der Waals surface area contributed by atoms with Gasteiger partial charge in [-0.05, 0) is 12.0 Å². The summed E-state index contributed by atoms with van der Waals surface area (Å²) in [5.74, 6) is -0.407. The molecule has 0 spiro atoms. The number of carbonyl (C=O) groups is 2. The van der Waals surface area contributed by atoms with Crippen LogP contribution in [0.3, 0.4) is 0 Å². The van der Waals surface area contributed by atoms with Crippen LogP contribution in [0.5, 0.6) is 0 Å². The zero-order chi connectivity index (χ0) is 15.7. The van der Waals surface area contributed by atoms with E-state index in [0.29, 0.717) is 12.0 Å². The summed E-state index contributed by atoms with van der Waals surface area (Å²) in [7, 11) is 1.51. The zero-order valence-corrected chi connectivity index (χ0v) is 11.9. The van der Waals surface area contributed by atoms with Crippen LogP contribution in [0.1, 0.15) is 18.0 Å². The molecule has 0 aromatic heterocycles. The molecule has 0 saturated heterocycles. The molecule has 0 saturated carbocycles. The van der Waals surface area contributed by atoms with Crippen molar-refractivity contribution in [3.63, 3.8) is 0 Å². The monoisotopic (exact) mass is 295 g/mol. The quantitative estimate of drug-likeness (QED) is 0.536. The van der Waals surface area contributed by atoms with E-state index in [0.717, 1.165) is 0 Å². The Hall–Kier alpha value is -2.12. The first-order valence-corrected chi connectivity index (χ1v) is 6.59. The summed E-state index contributed by atoms with van der Waals surface area (Å²) in [5.41, 5.74) is 5.74. The molecule has 1 aromatic rings. The highest BCUT2D eigenvalue weighted by atomic mass is 16.5. The number of primary amides is 1. The standard InChI is InChI=1S/C14H21N3O4/c1-21-9-11(7-8-18)16-13(19)12(17-14(15)20)10-5-3-2-4-6-10/h2-6,11-12,18H,7-9H2,1H3,(H,16,19)(H3,15,17,20). The summed E-state index contributed by atoms with van der Waals surface area (Å²) in [6.45, 7) is 0.192. The minimum absolute atomic E-state index is 0.0758. The van der Waals surface area contributed by atoms with Crippen molar-refractivity contribution >= 4 is 11.9 Å². The Morgan fingerprint density at radius 2 is 1.95 bits per heavy atom. The smallest absolute Gasteiger partial charge is 0.313 e. The number of hydrogen-bond donors (Lipinski definition) is 4. The average Bonchev–Trinajstić information content (AvgIpc) is 2.46. The Morgan fingerprint density at radius 1 is 1.29 bits per heavy atom. The fourth-order valence-electron chi connectivity index (χ4n) is 1.93. The second-order valence-corrected chi connectivity index (χ2v) is 4.53. The number of aliphatic hydroxyl groups excluding tert-OH is 1. The van der Waals surface area contributed by atoms with Crippen molar-refractivity contribution < 1.29 is 19.4 Å². The lowest BCUT2D eigenvalue weighted by atomic mass is 10.1. The molecule has 0 aliphatic heterocycles. The molecule has 0 aliphatic carbocycles. The highest BCUT2D eigenvalue weighted by molar-refractivity contribution is 5.87. The molecule has 3 amide bonds. The fraction of sp³-hybridized carbons (Fsp3) is 0.429. The van der Waals surface area contributed by atoms with Crippen LogP contribution in [0.4, 0.5) is 4.79 Å². The minimum atomic E-state index is -0.887. The largest absolute Gasteiger partial charge is 0.396 e. The third-order valence-corrected chi connectivity index (χ3v) is 2.87. The maximum atomic E-state index is 12.3. The molecule has 0 fully saturated rings. The van der Waals surface area contributed by atoms with Crippen LogP contribution in [0.15, 0.2) is 30.3 Å². The average molecular weight is 295 g/mol. The molecule has 2 atom stereocenters. The second kappa shape index (κ2) is 8.93. The molecule has 7 heteroatoms. The van der Waals surface area contributed by atoms with Gasteiger partial charge in [0.05, 0.1) is 12.6 Å². The molecular formula is C14H21N3O4. The number of nitrogens with one attached hydrogen (secondary N) is 2. The molecule has 0 aliphatic rings. The van der Waals surface area contributed by atoms with Crippen molar-refractivity contribution in [1.29, 1.82) is 0 Å². The van der Waals surface area contributed by atoms with E-state index in [1.54, 1.807) is 24.3 Å². The maximum Gasteiger partial charge on any atom is 0.313 e. The van der Waals surface area contributed by atoms with Gasteiger partial charge in [0.1, 0.15) is 6.04 Å². The van der Waals surface area contributed by atoms with E-state index in [-0.39, 0.29) is 19.3 Å². The first kappa shape index (κ1) is 16.9. The summed E-state index contributed by atoms with van der Waals surface area (Å²) in [6, 6.07) is 6.76. The van der Waals surface area contributed by atoms with E-state index in [1.807, 2.05) is 6.07 Å². The van der Waals surface area contributed by atoms with Gasteiger partial charge < -0.3 is 26.2 Å². The first-order chi connectivity index (χ1) is 10.1. The first-order valence-electron chi connectivity index (χ1n) is 6.59. The number of benzene rings is 1. The highest BCUT2D eigenvalue weighted by Crippen LogP contribution is 2.13. The molecule has 0 heterocycles. The molecule has 5 N–H and O–H groups in total. The third kappa shape index (κ3) is 5.80. The van der Waals surface area contributed by atoms with Gasteiger partial charge in [0.2, 0.25) is 5.91 Å². The molecule has 7 nitrogen and oxygen atoms in total. The topological polar surface area (TPSA) is 114 Å². The molecule has 2 unspecified atom stereocenters. The summed E-state index contributed by atoms with van der Waals surface area (Å²) in [4.78, 5) is 23.4. The SMILES string of the molecule is COCC(CCO)NC(=O)C(NC(N)=O)c1ccccc1. The van der Waals surface area contributed by atoms with Crippen LogP contribution >= 0.6 is 0 Å². The van der Waals surface area contributed by atoms with Gasteiger partial charge >= 0.3 is 6.03 Å². The number of aliphatic hydroxyl groups is 1. The van der Waals surface area contributed by atoms with Gasteiger partial charge in [-0.25, -0.2) is 4.79 Å². The lowest BCUT2D eigenvalue weighted by molar-refractivity contribution is -0.124. The lowest BCUT2D eigenvalue weighted by Crippen LogP contribution is -2.47. The lowest BCUT2D eigenvalue weighted by Gasteiger charge is -2.22. The van der Waals surface area contributed by atoms with Crippen molar-refractivity contribution in [3.8, 4) is 0 Å². The number of urea groups is 1. The summed E-state index contributed by atoms with van der Waals surface area (Å²) >= 11 is 0. The van der Waals surface area contributed by atoms with E-state index >= 15 is 0 Å². The molecular weight excluding hydrogens is 274 g/mol. The van der Waals surface area contributed by atoms with Crippen molar-refractivity contribution in [1.82, 2.24) is 10.6 Å². The summed E-state index contributed by atoms with van der Waals surface area (Å²) in [6.07, 6.45) is 0.359. The van der Waals surface area contributed by atoms with Crippen LogP contribution in [-0.2, 0) is 9.53 Å². The predicted octanol–water partition coefficient (Wildman–Crippen LogP) is -0.0904. The van der Waals surface area contributed by atoms with Crippen molar-refractivity contribution in [2.75, 3.05) is 20.3 Å². The van der Waals surface area contributed by atoms with Crippen molar-refractivity contribution in [2.24, 2.45) is 5.73 Å². The van der Waals surface area contributed by atoms with Gasteiger partial charge in [0.25, 0.3) is 0 Å². The molecule has 116 valence electrons. The van der Waals surface area contributed by atoms with Crippen LogP contribution in [-0.4, -0.2) is 43.4 Å². The van der Waals surface area contributed by atoms with Gasteiger partial charge in [-0.2, -0.15) is 0 Å². The minimum Gasteiger partial charge on any atom is -0.396 e. The number of amides is 3. The third-order valence-electron chi connectivity index (χ3n) is 2.87. The number of ether oxygens (including phenoxy) is 1. The Bertz CT molecular complexity index is 447. The Balaban J connectivity index is 2.82. The molecule has 1 aromatic carbocycles. The Labute approximate surface area is 123 Å². The van der Waals surface area contributed by atoms with E-state index in [1.165, 1.54) is 7.11 Å². The molecule has 1 rings (SSSR count). The maximum absolute atomic E-state index is 12.3. The number of hydrogen-bond acceptors (Lipinski definition) is 4. The molecule has 0 bridgehead atoms. The highest BCUT2D eigenvalue weighted by Gasteiger charge is 2.24. The van der Waals surface area contributed by atoms with Gasteiger partial charge in [0, 0.05) is 13.7 Å². The van der Waals surface area contributed by atoms with Crippen LogP contribution in [0.2, 0.25) is 0 Å². The van der Waals surface area contributed by atoms with E-state index < -0.39 is 18.0 Å². The van der Waals surface area contributed by atoms with Crippen LogP contribution in [0, 0.1) is 0 Å². The van der Waals surface area contributed by atoms with Gasteiger partial charge in [-0.15, -0.1) is 0 Å². The van der Waals surface area contributed by atoms with E-state index in [2.05, 4.69) is 10.6 Å². The van der Waals surface area contributed by atoms with Gasteiger partial charge in [-0.1, -0.05) is 30.3 Å². The zero-order valence-electron chi connectivity index (χ0n) is 11.9. The second-order valence-electron chi connectivity index (χ2n) is 4.53. The number of methoxy groups -OCH3 is 1. The summed E-state index contributed by atoms with van der Waals surface area (Å²) in [5, 5.41) is 14.1. The Kier molecular flexibility index (Phi) is 7.20. The van der Waals surface area contributed by atoms with Crippen LogP contribution < -0.4 is 16.4 Å². The van der Waals surface area contributed by atoms with Crippen LogP contribution in [0.25, 0.3) is 0 Å². The molecule has 0 radical (unpaired) electrons. The number of nitrogens with two attached hydrogens (primary N) is 1. The van der Waals surface area contributed by atoms with E-state index in [4.69, 9.17) is 15.6 Å². The summed E-state index contributed by atoms with van der Waals surface area (Å²) < 4.78 is 4.99. The van der Waals surface area contributed by atoms with E-state index in [9.17, 15) is 9.59 Å². The van der Waals surface area contributed by atoms with Crippen molar-refractivity contribution in [2.45, 2.75) is 18.5 Å². The van der Waals surface area contributed by atoms with Gasteiger partial charge in [0.15, 0.2) is 0 Å². The predicted molar refractivity (Wildman–Crippen MR) is 77.4 cm³/mol. The number of rotatable bonds is 8.